The number of ether oxygens (including phenoxy) is 1. The molecule has 1 aromatic rings. The molecule has 1 amide bonds. The molecular formula is C12H14FNO2. The molecule has 0 aliphatic heterocycles. The summed E-state index contributed by atoms with van der Waals surface area (Å²) < 4.78 is 18.8. The molecule has 4 heteroatoms. The Morgan fingerprint density at radius 3 is 2.88 bits per heavy atom. The zero-order chi connectivity index (χ0) is 11.6. The number of benzene rings is 1. The van der Waals surface area contributed by atoms with Crippen molar-refractivity contribution in [3.8, 4) is 5.75 Å². The summed E-state index contributed by atoms with van der Waals surface area (Å²) in [7, 11) is 1.56. The average Bonchev–Trinajstić information content (AvgIpc) is 3.08. The highest BCUT2D eigenvalue weighted by Gasteiger charge is 2.45. The van der Waals surface area contributed by atoms with Gasteiger partial charge in [0, 0.05) is 12.0 Å². The van der Waals surface area contributed by atoms with Gasteiger partial charge in [0.25, 0.3) is 0 Å². The lowest BCUT2D eigenvalue weighted by Crippen LogP contribution is -2.26. The number of halogens is 1. The predicted octanol–water partition coefficient (Wildman–Crippen LogP) is 1.61. The number of nitrogens with one attached hydrogen (secondary N) is 1. The number of hydrogen-bond acceptors (Lipinski definition) is 2. The van der Waals surface area contributed by atoms with E-state index in [9.17, 15) is 9.18 Å². The van der Waals surface area contributed by atoms with E-state index >= 15 is 0 Å². The van der Waals surface area contributed by atoms with E-state index < -0.39 is 0 Å². The first-order valence-electron chi connectivity index (χ1n) is 5.23. The first-order chi connectivity index (χ1) is 7.72. The first-order valence-corrected chi connectivity index (χ1v) is 5.23. The zero-order valence-electron chi connectivity index (χ0n) is 9.13. The summed E-state index contributed by atoms with van der Waals surface area (Å²) in [6.45, 7) is 0.487. The van der Waals surface area contributed by atoms with Crippen molar-refractivity contribution in [3.05, 3.63) is 29.6 Å². The van der Waals surface area contributed by atoms with E-state index in [-0.39, 0.29) is 11.2 Å². The molecule has 0 spiro atoms. The van der Waals surface area contributed by atoms with Crippen LogP contribution in [0.4, 0.5) is 4.39 Å². The average molecular weight is 223 g/mol. The lowest BCUT2D eigenvalue weighted by molar-refractivity contribution is -0.109. The standard InChI is InChI=1S/C12H14FNO2/c1-16-9-2-3-11(13)10(6-9)12(4-5-12)7-14-8-15/h2-3,6,8H,4-5,7H2,1H3,(H,14,15). The third kappa shape index (κ3) is 1.87. The van der Waals surface area contributed by atoms with Crippen molar-refractivity contribution in [1.82, 2.24) is 5.32 Å². The molecule has 16 heavy (non-hydrogen) atoms. The summed E-state index contributed by atoms with van der Waals surface area (Å²) >= 11 is 0. The SMILES string of the molecule is COc1ccc(F)c(C2(CNC=O)CC2)c1. The van der Waals surface area contributed by atoms with Crippen molar-refractivity contribution in [3.63, 3.8) is 0 Å². The minimum Gasteiger partial charge on any atom is -0.497 e. The molecule has 1 saturated carbocycles. The Hall–Kier alpha value is -1.58. The van der Waals surface area contributed by atoms with Crippen LogP contribution in [0.3, 0.4) is 0 Å². The molecule has 1 aliphatic rings. The van der Waals surface area contributed by atoms with Crippen molar-refractivity contribution in [2.24, 2.45) is 0 Å². The first kappa shape index (κ1) is 10.9. The van der Waals surface area contributed by atoms with Crippen LogP contribution in [0, 0.1) is 5.82 Å². The highest BCUT2D eigenvalue weighted by Crippen LogP contribution is 2.49. The fourth-order valence-electron chi connectivity index (χ4n) is 1.97. The molecule has 1 aromatic carbocycles. The van der Waals surface area contributed by atoms with Gasteiger partial charge in [0.2, 0.25) is 6.41 Å². The Morgan fingerprint density at radius 1 is 1.56 bits per heavy atom. The molecule has 0 bridgehead atoms. The second-order valence-electron chi connectivity index (χ2n) is 4.12. The largest absolute Gasteiger partial charge is 0.497 e. The van der Waals surface area contributed by atoms with Crippen LogP contribution in [-0.4, -0.2) is 20.1 Å². The second-order valence-corrected chi connectivity index (χ2v) is 4.12. The molecule has 0 unspecified atom stereocenters. The van der Waals surface area contributed by atoms with E-state index in [2.05, 4.69) is 5.32 Å². The van der Waals surface area contributed by atoms with Gasteiger partial charge in [0.05, 0.1) is 7.11 Å². The smallest absolute Gasteiger partial charge is 0.207 e. The number of methoxy groups -OCH3 is 1. The van der Waals surface area contributed by atoms with Crippen molar-refractivity contribution >= 4 is 6.41 Å². The highest BCUT2D eigenvalue weighted by molar-refractivity contribution is 5.48. The van der Waals surface area contributed by atoms with E-state index in [0.717, 1.165) is 12.8 Å². The monoisotopic (exact) mass is 223 g/mol. The molecule has 1 aliphatic carbocycles. The van der Waals surface area contributed by atoms with Gasteiger partial charge in [-0.3, -0.25) is 4.79 Å². The van der Waals surface area contributed by atoms with Crippen LogP contribution in [0.2, 0.25) is 0 Å². The van der Waals surface area contributed by atoms with Crippen molar-refractivity contribution in [2.45, 2.75) is 18.3 Å². The van der Waals surface area contributed by atoms with E-state index in [4.69, 9.17) is 4.74 Å². The summed E-state index contributed by atoms with van der Waals surface area (Å²) in [5, 5.41) is 2.63. The Balaban J connectivity index is 2.28. The summed E-state index contributed by atoms with van der Waals surface area (Å²) in [6, 6.07) is 4.73. The molecule has 1 N–H and O–H groups in total. The molecule has 0 aromatic heterocycles. The van der Waals surface area contributed by atoms with E-state index in [0.29, 0.717) is 24.3 Å². The third-order valence-electron chi connectivity index (χ3n) is 3.12. The fraction of sp³-hybridized carbons (Fsp3) is 0.417. The predicted molar refractivity (Wildman–Crippen MR) is 57.9 cm³/mol. The molecule has 86 valence electrons. The van der Waals surface area contributed by atoms with Gasteiger partial charge in [-0.1, -0.05) is 0 Å². The molecule has 0 atom stereocenters. The van der Waals surface area contributed by atoms with Crippen LogP contribution in [0.25, 0.3) is 0 Å². The van der Waals surface area contributed by atoms with Gasteiger partial charge in [-0.15, -0.1) is 0 Å². The Morgan fingerprint density at radius 2 is 2.31 bits per heavy atom. The van der Waals surface area contributed by atoms with Crippen LogP contribution in [0.15, 0.2) is 18.2 Å². The molecule has 0 saturated heterocycles. The van der Waals surface area contributed by atoms with Gasteiger partial charge < -0.3 is 10.1 Å². The molecule has 0 radical (unpaired) electrons. The Kier molecular flexibility index (Phi) is 2.81. The Bertz CT molecular complexity index is 402. The van der Waals surface area contributed by atoms with E-state index in [1.54, 1.807) is 19.2 Å². The zero-order valence-corrected chi connectivity index (χ0v) is 9.13. The highest BCUT2D eigenvalue weighted by atomic mass is 19.1. The number of carbonyl (C=O) groups excluding carboxylic acids is 1. The molecule has 1 fully saturated rings. The maximum Gasteiger partial charge on any atom is 0.207 e. The van der Waals surface area contributed by atoms with Crippen molar-refractivity contribution in [2.75, 3.05) is 13.7 Å². The topological polar surface area (TPSA) is 38.3 Å². The molecule has 3 nitrogen and oxygen atoms in total. The summed E-state index contributed by atoms with van der Waals surface area (Å²) in [6.07, 6.45) is 2.45. The van der Waals surface area contributed by atoms with Crippen LogP contribution in [0.5, 0.6) is 5.75 Å². The minimum absolute atomic E-state index is 0.223. The molecule has 2 rings (SSSR count). The normalized spacial score (nSPS) is 16.6. The van der Waals surface area contributed by atoms with Gasteiger partial charge in [-0.2, -0.15) is 0 Å². The molecular weight excluding hydrogens is 209 g/mol. The number of carbonyl (C=O) groups is 1. The molecule has 0 heterocycles. The van der Waals surface area contributed by atoms with Gasteiger partial charge in [0.15, 0.2) is 0 Å². The minimum atomic E-state index is -0.231. The van der Waals surface area contributed by atoms with Crippen molar-refractivity contribution < 1.29 is 13.9 Å². The number of hydrogen-bond donors (Lipinski definition) is 1. The van der Waals surface area contributed by atoms with Gasteiger partial charge in [-0.25, -0.2) is 4.39 Å². The van der Waals surface area contributed by atoms with E-state index in [1.165, 1.54) is 6.07 Å². The summed E-state index contributed by atoms with van der Waals surface area (Å²) in [5.41, 5.74) is 0.417. The van der Waals surface area contributed by atoms with Gasteiger partial charge in [-0.05, 0) is 36.6 Å². The summed E-state index contributed by atoms with van der Waals surface area (Å²) in [5.74, 6) is 0.416. The van der Waals surface area contributed by atoms with Crippen LogP contribution >= 0.6 is 0 Å². The van der Waals surface area contributed by atoms with Crippen LogP contribution in [0.1, 0.15) is 18.4 Å². The Labute approximate surface area is 93.6 Å². The van der Waals surface area contributed by atoms with Crippen LogP contribution in [-0.2, 0) is 10.2 Å². The lowest BCUT2D eigenvalue weighted by Gasteiger charge is -2.16. The maximum absolute atomic E-state index is 13.7. The number of rotatable bonds is 5. The fourth-order valence-corrected chi connectivity index (χ4v) is 1.97. The maximum atomic E-state index is 13.7. The number of amides is 1. The van der Waals surface area contributed by atoms with Gasteiger partial charge >= 0.3 is 0 Å². The van der Waals surface area contributed by atoms with Crippen LogP contribution < -0.4 is 10.1 Å². The van der Waals surface area contributed by atoms with Crippen molar-refractivity contribution in [1.29, 1.82) is 0 Å². The quantitative estimate of drug-likeness (QED) is 0.770. The second kappa shape index (κ2) is 4.12. The van der Waals surface area contributed by atoms with Gasteiger partial charge in [0.1, 0.15) is 11.6 Å². The third-order valence-corrected chi connectivity index (χ3v) is 3.12. The van der Waals surface area contributed by atoms with E-state index in [1.807, 2.05) is 0 Å². The summed E-state index contributed by atoms with van der Waals surface area (Å²) in [4.78, 5) is 10.3. The lowest BCUT2D eigenvalue weighted by atomic mass is 9.95.